The second-order valence-electron chi connectivity index (χ2n) is 6.64. The molecule has 1 saturated heterocycles. The van der Waals surface area contributed by atoms with E-state index in [0.29, 0.717) is 0 Å². The van der Waals surface area contributed by atoms with E-state index in [1.807, 2.05) is 12.1 Å². The number of hydrogen-bond acceptors (Lipinski definition) is 4. The van der Waals surface area contributed by atoms with Gasteiger partial charge in [0.15, 0.2) is 0 Å². The third-order valence-electron chi connectivity index (χ3n) is 4.86. The Morgan fingerprint density at radius 2 is 1.88 bits per heavy atom. The van der Waals surface area contributed by atoms with Crippen molar-refractivity contribution in [2.75, 3.05) is 38.2 Å². The van der Waals surface area contributed by atoms with Crippen LogP contribution in [0, 0.1) is 6.92 Å². The first-order chi connectivity index (χ1) is 12.2. The average Bonchev–Trinajstić information content (AvgIpc) is 3.03. The highest BCUT2D eigenvalue weighted by molar-refractivity contribution is 5.75. The summed E-state index contributed by atoms with van der Waals surface area (Å²) in [5.74, 6) is 2.00. The minimum Gasteiger partial charge on any atom is -0.495 e. The van der Waals surface area contributed by atoms with Crippen LogP contribution in [0.5, 0.6) is 5.75 Å². The van der Waals surface area contributed by atoms with E-state index in [9.17, 15) is 0 Å². The number of para-hydroxylation sites is 2. The van der Waals surface area contributed by atoms with Gasteiger partial charge < -0.3 is 14.6 Å². The number of aromatic amines is 1. The Bertz CT molecular complexity index is 865. The van der Waals surface area contributed by atoms with Crippen LogP contribution in [0.2, 0.25) is 0 Å². The van der Waals surface area contributed by atoms with Crippen molar-refractivity contribution in [2.24, 2.45) is 0 Å². The predicted molar refractivity (Wildman–Crippen MR) is 101 cm³/mol. The number of imidazole rings is 1. The number of aromatic nitrogens is 2. The van der Waals surface area contributed by atoms with Crippen molar-refractivity contribution in [2.45, 2.75) is 13.5 Å². The van der Waals surface area contributed by atoms with Gasteiger partial charge in [0.25, 0.3) is 0 Å². The Kier molecular flexibility index (Phi) is 4.32. The molecule has 0 saturated carbocycles. The standard InChI is InChI=1S/C20H24N4O/c1-15-7-8-16-17(13-15)22-20(21-16)14-23-9-11-24(12-10-23)18-5-3-4-6-19(18)25-2/h3-8,13H,9-12,14H2,1-2H3,(H,21,22). The largest absolute Gasteiger partial charge is 0.495 e. The molecule has 130 valence electrons. The fourth-order valence-corrected chi connectivity index (χ4v) is 3.50. The summed E-state index contributed by atoms with van der Waals surface area (Å²) in [5, 5.41) is 0. The van der Waals surface area contributed by atoms with Gasteiger partial charge in [0.05, 0.1) is 30.4 Å². The molecule has 1 aromatic heterocycles. The van der Waals surface area contributed by atoms with Crippen LogP contribution >= 0.6 is 0 Å². The number of fused-ring (bicyclic) bond motifs is 1. The highest BCUT2D eigenvalue weighted by Gasteiger charge is 2.20. The molecular weight excluding hydrogens is 312 g/mol. The van der Waals surface area contributed by atoms with Gasteiger partial charge in [-0.25, -0.2) is 4.98 Å². The quantitative estimate of drug-likeness (QED) is 0.795. The van der Waals surface area contributed by atoms with Crippen LogP contribution in [0.4, 0.5) is 5.69 Å². The van der Waals surface area contributed by atoms with Gasteiger partial charge in [-0.1, -0.05) is 18.2 Å². The minimum atomic E-state index is 0.869. The van der Waals surface area contributed by atoms with Crippen molar-refractivity contribution < 1.29 is 4.74 Å². The molecule has 25 heavy (non-hydrogen) atoms. The molecule has 0 unspecified atom stereocenters. The maximum Gasteiger partial charge on any atom is 0.142 e. The number of methoxy groups -OCH3 is 1. The van der Waals surface area contributed by atoms with Crippen LogP contribution in [0.3, 0.4) is 0 Å². The maximum absolute atomic E-state index is 5.49. The molecule has 0 aliphatic carbocycles. The summed E-state index contributed by atoms with van der Waals surface area (Å²) >= 11 is 0. The Hall–Kier alpha value is -2.53. The van der Waals surface area contributed by atoms with Crippen LogP contribution in [-0.4, -0.2) is 48.2 Å². The van der Waals surface area contributed by atoms with Crippen molar-refractivity contribution >= 4 is 16.7 Å². The summed E-state index contributed by atoms with van der Waals surface area (Å²) in [6.45, 7) is 7.02. The van der Waals surface area contributed by atoms with Crippen molar-refractivity contribution in [3.8, 4) is 5.75 Å². The van der Waals surface area contributed by atoms with Crippen LogP contribution in [0.1, 0.15) is 11.4 Å². The lowest BCUT2D eigenvalue weighted by atomic mass is 10.2. The molecule has 2 heterocycles. The zero-order valence-corrected chi connectivity index (χ0v) is 14.8. The van der Waals surface area contributed by atoms with Gasteiger partial charge in [-0.3, -0.25) is 4.90 Å². The lowest BCUT2D eigenvalue weighted by Gasteiger charge is -2.36. The summed E-state index contributed by atoms with van der Waals surface area (Å²) in [4.78, 5) is 13.0. The fraction of sp³-hybridized carbons (Fsp3) is 0.350. The van der Waals surface area contributed by atoms with E-state index in [0.717, 1.165) is 55.3 Å². The number of nitrogens with zero attached hydrogens (tertiary/aromatic N) is 3. The average molecular weight is 336 g/mol. The van der Waals surface area contributed by atoms with Gasteiger partial charge >= 0.3 is 0 Å². The van der Waals surface area contributed by atoms with E-state index in [-0.39, 0.29) is 0 Å². The lowest BCUT2D eigenvalue weighted by Crippen LogP contribution is -2.46. The van der Waals surface area contributed by atoms with E-state index in [4.69, 9.17) is 9.72 Å². The number of hydrogen-bond donors (Lipinski definition) is 1. The zero-order valence-electron chi connectivity index (χ0n) is 14.8. The van der Waals surface area contributed by atoms with Crippen molar-refractivity contribution in [1.82, 2.24) is 14.9 Å². The van der Waals surface area contributed by atoms with E-state index in [1.54, 1.807) is 7.11 Å². The van der Waals surface area contributed by atoms with Crippen LogP contribution in [0.25, 0.3) is 11.0 Å². The van der Waals surface area contributed by atoms with Gasteiger partial charge in [0, 0.05) is 26.2 Å². The molecule has 5 nitrogen and oxygen atoms in total. The van der Waals surface area contributed by atoms with Gasteiger partial charge in [0.2, 0.25) is 0 Å². The normalized spacial score (nSPS) is 15.7. The van der Waals surface area contributed by atoms with Gasteiger partial charge in [-0.15, -0.1) is 0 Å². The highest BCUT2D eigenvalue weighted by atomic mass is 16.5. The SMILES string of the molecule is COc1ccccc1N1CCN(Cc2nc3ccc(C)cc3[nH]2)CC1. The smallest absolute Gasteiger partial charge is 0.142 e. The molecule has 1 fully saturated rings. The summed E-state index contributed by atoms with van der Waals surface area (Å²) in [6.07, 6.45) is 0. The molecule has 4 rings (SSSR count). The molecule has 1 aliphatic heterocycles. The number of piperazine rings is 1. The topological polar surface area (TPSA) is 44.4 Å². The number of benzene rings is 2. The maximum atomic E-state index is 5.49. The zero-order chi connectivity index (χ0) is 17.2. The monoisotopic (exact) mass is 336 g/mol. The Morgan fingerprint density at radius 3 is 2.68 bits per heavy atom. The van der Waals surface area contributed by atoms with E-state index >= 15 is 0 Å². The molecular formula is C20H24N4O. The Balaban J connectivity index is 1.41. The molecule has 0 radical (unpaired) electrons. The minimum absolute atomic E-state index is 0.869. The van der Waals surface area contributed by atoms with Crippen molar-refractivity contribution in [3.05, 3.63) is 53.9 Å². The molecule has 0 bridgehead atoms. The van der Waals surface area contributed by atoms with Gasteiger partial charge in [-0.05, 0) is 36.8 Å². The molecule has 2 aromatic carbocycles. The Labute approximate surface area is 148 Å². The van der Waals surface area contributed by atoms with E-state index in [2.05, 4.69) is 52.0 Å². The number of ether oxygens (including phenoxy) is 1. The third-order valence-corrected chi connectivity index (χ3v) is 4.86. The summed E-state index contributed by atoms with van der Waals surface area (Å²) in [5.41, 5.74) is 4.62. The number of nitrogens with one attached hydrogen (secondary N) is 1. The van der Waals surface area contributed by atoms with E-state index in [1.165, 1.54) is 11.3 Å². The van der Waals surface area contributed by atoms with Crippen molar-refractivity contribution in [1.29, 1.82) is 0 Å². The predicted octanol–water partition coefficient (Wildman–Crippen LogP) is 3.20. The second kappa shape index (κ2) is 6.76. The first-order valence-corrected chi connectivity index (χ1v) is 8.78. The first-order valence-electron chi connectivity index (χ1n) is 8.78. The third kappa shape index (κ3) is 3.33. The number of rotatable bonds is 4. The molecule has 1 aliphatic rings. The number of aryl methyl sites for hydroxylation is 1. The van der Waals surface area contributed by atoms with Crippen LogP contribution < -0.4 is 9.64 Å². The summed E-state index contributed by atoms with van der Waals surface area (Å²) in [6, 6.07) is 14.6. The lowest BCUT2D eigenvalue weighted by molar-refractivity contribution is 0.244. The molecule has 0 atom stereocenters. The molecule has 0 spiro atoms. The number of H-pyrrole nitrogens is 1. The molecule has 0 amide bonds. The van der Waals surface area contributed by atoms with Crippen LogP contribution in [-0.2, 0) is 6.54 Å². The fourth-order valence-electron chi connectivity index (χ4n) is 3.50. The van der Waals surface area contributed by atoms with Crippen molar-refractivity contribution in [3.63, 3.8) is 0 Å². The molecule has 5 heteroatoms. The summed E-state index contributed by atoms with van der Waals surface area (Å²) in [7, 11) is 1.73. The second-order valence-corrected chi connectivity index (χ2v) is 6.64. The first kappa shape index (κ1) is 16.0. The number of anilines is 1. The van der Waals surface area contributed by atoms with Gasteiger partial charge in [-0.2, -0.15) is 0 Å². The summed E-state index contributed by atoms with van der Waals surface area (Å²) < 4.78 is 5.49. The van der Waals surface area contributed by atoms with Crippen LogP contribution in [0.15, 0.2) is 42.5 Å². The van der Waals surface area contributed by atoms with E-state index < -0.39 is 0 Å². The van der Waals surface area contributed by atoms with Gasteiger partial charge in [0.1, 0.15) is 11.6 Å². The molecule has 1 N–H and O–H groups in total. The highest BCUT2D eigenvalue weighted by Crippen LogP contribution is 2.28. The molecule has 3 aromatic rings. The Morgan fingerprint density at radius 1 is 1.08 bits per heavy atom.